The molecule has 192 valence electrons. The topological polar surface area (TPSA) is 111 Å². The number of benzene rings is 3. The molecule has 10 heteroatoms. The van der Waals surface area contributed by atoms with E-state index in [4.69, 9.17) is 23.2 Å². The highest BCUT2D eigenvalue weighted by Crippen LogP contribution is 2.30. The smallest absolute Gasteiger partial charge is 0.269 e. The highest BCUT2D eigenvalue weighted by atomic mass is 35.5. The number of rotatable bonds is 9. The van der Waals surface area contributed by atoms with Gasteiger partial charge in [0.25, 0.3) is 11.2 Å². The van der Waals surface area contributed by atoms with Crippen LogP contribution in [-0.2, 0) is 11.2 Å². The summed E-state index contributed by atoms with van der Waals surface area (Å²) < 4.78 is 1.31. The molecule has 38 heavy (non-hydrogen) atoms. The van der Waals surface area contributed by atoms with Crippen molar-refractivity contribution in [2.75, 3.05) is 6.54 Å². The summed E-state index contributed by atoms with van der Waals surface area (Å²) in [4.78, 5) is 49.3. The van der Waals surface area contributed by atoms with Crippen LogP contribution in [0.2, 0.25) is 10.0 Å². The number of halogens is 2. The lowest BCUT2D eigenvalue weighted by Crippen LogP contribution is -2.40. The SMILES string of the molecule is O=C(CNC(=O)C(Cc1ccccc1)n1ccc(-c2cc(Cl)ccc2Cl)cc1=O)c1ccc([N+](=O)[O-])cc1. The second kappa shape index (κ2) is 11.9. The minimum Gasteiger partial charge on any atom is -0.347 e. The third-order valence-electron chi connectivity index (χ3n) is 5.92. The van der Waals surface area contributed by atoms with Crippen molar-refractivity contribution >= 4 is 40.6 Å². The van der Waals surface area contributed by atoms with E-state index in [1.807, 2.05) is 30.3 Å². The minimum atomic E-state index is -0.946. The Labute approximate surface area is 227 Å². The lowest BCUT2D eigenvalue weighted by molar-refractivity contribution is -0.384. The van der Waals surface area contributed by atoms with Gasteiger partial charge in [-0.3, -0.25) is 24.5 Å². The molecule has 3 aromatic carbocycles. The lowest BCUT2D eigenvalue weighted by atomic mass is 10.0. The number of ketones is 1. The van der Waals surface area contributed by atoms with E-state index in [9.17, 15) is 24.5 Å². The Morgan fingerprint density at radius 3 is 2.32 bits per heavy atom. The summed E-state index contributed by atoms with van der Waals surface area (Å²) in [7, 11) is 0. The van der Waals surface area contributed by atoms with Crippen LogP contribution in [0.3, 0.4) is 0 Å². The molecule has 1 amide bonds. The number of Topliss-reactive ketones (excluding diaryl/α,β-unsaturated/α-hetero) is 1. The molecule has 1 atom stereocenters. The largest absolute Gasteiger partial charge is 0.347 e. The van der Waals surface area contributed by atoms with Gasteiger partial charge in [-0.25, -0.2) is 0 Å². The summed E-state index contributed by atoms with van der Waals surface area (Å²) in [6, 6.07) is 21.3. The van der Waals surface area contributed by atoms with Crippen molar-refractivity contribution in [3.8, 4) is 11.1 Å². The van der Waals surface area contributed by atoms with Crippen molar-refractivity contribution in [2.24, 2.45) is 0 Å². The number of aromatic nitrogens is 1. The molecule has 0 fully saturated rings. The fourth-order valence-electron chi connectivity index (χ4n) is 3.94. The van der Waals surface area contributed by atoms with Gasteiger partial charge in [-0.15, -0.1) is 0 Å². The van der Waals surface area contributed by atoms with Gasteiger partial charge in [0.05, 0.1) is 11.5 Å². The van der Waals surface area contributed by atoms with Crippen LogP contribution >= 0.6 is 23.2 Å². The number of carbonyl (C=O) groups excluding carboxylic acids is 2. The number of hydrogen-bond donors (Lipinski definition) is 1. The first-order chi connectivity index (χ1) is 18.2. The van der Waals surface area contributed by atoms with Crippen LogP contribution in [0.25, 0.3) is 11.1 Å². The van der Waals surface area contributed by atoms with Gasteiger partial charge in [0, 0.05) is 52.0 Å². The number of pyridine rings is 1. The van der Waals surface area contributed by atoms with Crippen LogP contribution in [0.4, 0.5) is 5.69 Å². The van der Waals surface area contributed by atoms with Gasteiger partial charge < -0.3 is 9.88 Å². The van der Waals surface area contributed by atoms with Gasteiger partial charge in [-0.1, -0.05) is 53.5 Å². The predicted molar refractivity (Wildman–Crippen MR) is 146 cm³/mol. The molecule has 0 bridgehead atoms. The summed E-state index contributed by atoms with van der Waals surface area (Å²) in [6.07, 6.45) is 1.72. The van der Waals surface area contributed by atoms with Gasteiger partial charge in [0.2, 0.25) is 5.91 Å². The summed E-state index contributed by atoms with van der Waals surface area (Å²) in [6.45, 7) is -0.340. The average molecular weight is 550 g/mol. The molecule has 0 radical (unpaired) electrons. The summed E-state index contributed by atoms with van der Waals surface area (Å²) in [5, 5.41) is 14.3. The summed E-state index contributed by atoms with van der Waals surface area (Å²) >= 11 is 12.4. The van der Waals surface area contributed by atoms with Gasteiger partial charge >= 0.3 is 0 Å². The number of nitro benzene ring substituents is 1. The van der Waals surface area contributed by atoms with E-state index in [0.717, 1.165) is 5.56 Å². The molecule has 0 spiro atoms. The highest BCUT2D eigenvalue weighted by Gasteiger charge is 2.23. The molecule has 0 aliphatic carbocycles. The molecule has 1 N–H and O–H groups in total. The second-order valence-electron chi connectivity index (χ2n) is 8.44. The van der Waals surface area contributed by atoms with Crippen molar-refractivity contribution in [2.45, 2.75) is 12.5 Å². The number of nitrogens with one attached hydrogen (secondary N) is 1. The Hall–Kier alpha value is -4.27. The van der Waals surface area contributed by atoms with Crippen LogP contribution in [0.15, 0.2) is 95.9 Å². The van der Waals surface area contributed by atoms with E-state index in [1.54, 1.807) is 24.3 Å². The van der Waals surface area contributed by atoms with E-state index >= 15 is 0 Å². The number of carbonyl (C=O) groups is 2. The lowest BCUT2D eigenvalue weighted by Gasteiger charge is -2.20. The van der Waals surface area contributed by atoms with Crippen LogP contribution in [-0.4, -0.2) is 27.7 Å². The Bertz CT molecular complexity index is 1550. The first-order valence-corrected chi connectivity index (χ1v) is 12.3. The van der Waals surface area contributed by atoms with E-state index in [0.29, 0.717) is 21.2 Å². The number of hydrogen-bond acceptors (Lipinski definition) is 5. The van der Waals surface area contributed by atoms with Crippen LogP contribution in [0.5, 0.6) is 0 Å². The molecule has 0 aliphatic heterocycles. The maximum atomic E-state index is 13.3. The third kappa shape index (κ3) is 6.34. The molecule has 4 rings (SSSR count). The summed E-state index contributed by atoms with van der Waals surface area (Å²) in [5.74, 6) is -0.954. The fraction of sp³-hybridized carbons (Fsp3) is 0.107. The predicted octanol–water partition coefficient (Wildman–Crippen LogP) is 5.51. The van der Waals surface area contributed by atoms with Gasteiger partial charge in [0.1, 0.15) is 6.04 Å². The van der Waals surface area contributed by atoms with Crippen LogP contribution in [0, 0.1) is 10.1 Å². The van der Waals surface area contributed by atoms with Gasteiger partial charge in [0.15, 0.2) is 5.78 Å². The Kier molecular flexibility index (Phi) is 8.35. The molecule has 0 saturated heterocycles. The second-order valence-corrected chi connectivity index (χ2v) is 9.28. The zero-order valence-corrected chi connectivity index (χ0v) is 21.4. The number of non-ortho nitro benzene ring substituents is 1. The Balaban J connectivity index is 1.58. The quantitative estimate of drug-likeness (QED) is 0.168. The Morgan fingerprint density at radius 2 is 1.66 bits per heavy atom. The monoisotopic (exact) mass is 549 g/mol. The normalized spacial score (nSPS) is 11.5. The number of nitro groups is 1. The maximum absolute atomic E-state index is 13.3. The van der Waals surface area contributed by atoms with E-state index in [2.05, 4.69) is 5.32 Å². The van der Waals surface area contributed by atoms with Crippen molar-refractivity contribution in [1.29, 1.82) is 0 Å². The van der Waals surface area contributed by atoms with Crippen molar-refractivity contribution in [1.82, 2.24) is 9.88 Å². The molecule has 0 saturated carbocycles. The van der Waals surface area contributed by atoms with E-state index in [1.165, 1.54) is 41.1 Å². The standard InChI is InChI=1S/C28H21Cl2N3O5/c29-21-8-11-24(30)23(16-21)20-12-13-32(27(35)15-20)25(14-18-4-2-1-3-5-18)28(36)31-17-26(34)19-6-9-22(10-7-19)33(37)38/h1-13,15-16,25H,14,17H2,(H,31,36). The maximum Gasteiger partial charge on any atom is 0.269 e. The zero-order chi connectivity index (χ0) is 27.2. The number of nitrogens with zero attached hydrogens (tertiary/aromatic N) is 2. The Morgan fingerprint density at radius 1 is 0.947 bits per heavy atom. The van der Waals surface area contributed by atoms with Gasteiger partial charge in [-0.2, -0.15) is 0 Å². The first kappa shape index (κ1) is 26.8. The zero-order valence-electron chi connectivity index (χ0n) is 19.8. The van der Waals surface area contributed by atoms with Crippen molar-refractivity contribution in [3.05, 3.63) is 133 Å². The fourth-order valence-corrected chi connectivity index (χ4v) is 4.34. The molecule has 1 aromatic heterocycles. The molecular formula is C28H21Cl2N3O5. The van der Waals surface area contributed by atoms with Crippen molar-refractivity contribution < 1.29 is 14.5 Å². The van der Waals surface area contributed by atoms with Crippen LogP contribution < -0.4 is 10.9 Å². The molecule has 8 nitrogen and oxygen atoms in total. The van der Waals surface area contributed by atoms with E-state index < -0.39 is 28.2 Å². The highest BCUT2D eigenvalue weighted by molar-refractivity contribution is 6.35. The summed E-state index contributed by atoms with van der Waals surface area (Å²) in [5.41, 5.74) is 1.59. The first-order valence-electron chi connectivity index (χ1n) is 11.5. The molecule has 4 aromatic rings. The average Bonchev–Trinajstić information content (AvgIpc) is 2.92. The van der Waals surface area contributed by atoms with E-state index in [-0.39, 0.29) is 24.2 Å². The van der Waals surface area contributed by atoms with Crippen molar-refractivity contribution in [3.63, 3.8) is 0 Å². The molecule has 0 aliphatic rings. The number of amides is 1. The molecular weight excluding hydrogens is 529 g/mol. The van der Waals surface area contributed by atoms with Gasteiger partial charge in [-0.05, 0) is 47.5 Å². The molecule has 1 unspecified atom stereocenters. The minimum absolute atomic E-state index is 0.143. The third-order valence-corrected chi connectivity index (χ3v) is 6.49. The van der Waals surface area contributed by atoms with Crippen LogP contribution in [0.1, 0.15) is 22.0 Å². The molecule has 1 heterocycles.